The van der Waals surface area contributed by atoms with Crippen LogP contribution >= 0.6 is 11.6 Å². The van der Waals surface area contributed by atoms with Gasteiger partial charge in [-0.25, -0.2) is 0 Å². The molecule has 62 valence electrons. The summed E-state index contributed by atoms with van der Waals surface area (Å²) in [6, 6.07) is 7.82. The largest absolute Gasteiger partial charge is 0.481 e. The Bertz CT molecular complexity index is 408. The molecule has 0 aliphatic rings. The normalized spacial score (nSPS) is 10.5. The molecular formula is C9H8ClNO. The SMILES string of the molecule is COc1[nH]c2ccccc2c1Cl. The van der Waals surface area contributed by atoms with Crippen molar-refractivity contribution in [2.45, 2.75) is 0 Å². The molecule has 0 spiro atoms. The summed E-state index contributed by atoms with van der Waals surface area (Å²) in [5, 5.41) is 1.64. The van der Waals surface area contributed by atoms with Gasteiger partial charge in [-0.1, -0.05) is 29.8 Å². The van der Waals surface area contributed by atoms with Gasteiger partial charge in [0.1, 0.15) is 5.02 Å². The second kappa shape index (κ2) is 2.72. The van der Waals surface area contributed by atoms with Crippen molar-refractivity contribution in [3.05, 3.63) is 29.3 Å². The van der Waals surface area contributed by atoms with Crippen molar-refractivity contribution in [1.82, 2.24) is 4.98 Å². The number of para-hydroxylation sites is 1. The third-order valence-corrected chi connectivity index (χ3v) is 2.19. The van der Waals surface area contributed by atoms with E-state index in [1.165, 1.54) is 0 Å². The quantitative estimate of drug-likeness (QED) is 0.719. The molecule has 1 heterocycles. The summed E-state index contributed by atoms with van der Waals surface area (Å²) >= 11 is 6.00. The molecule has 1 N–H and O–H groups in total. The van der Waals surface area contributed by atoms with Crippen molar-refractivity contribution in [1.29, 1.82) is 0 Å². The van der Waals surface area contributed by atoms with Crippen molar-refractivity contribution < 1.29 is 4.74 Å². The first-order valence-electron chi connectivity index (χ1n) is 3.63. The second-order valence-corrected chi connectivity index (χ2v) is 2.90. The molecule has 2 aromatic rings. The number of aromatic nitrogens is 1. The summed E-state index contributed by atoms with van der Waals surface area (Å²) in [5.74, 6) is 0.623. The fourth-order valence-corrected chi connectivity index (χ4v) is 1.51. The number of methoxy groups -OCH3 is 1. The third kappa shape index (κ3) is 0.959. The molecule has 0 saturated heterocycles. The summed E-state index contributed by atoms with van der Waals surface area (Å²) in [6.07, 6.45) is 0. The highest BCUT2D eigenvalue weighted by Gasteiger charge is 2.07. The fraction of sp³-hybridized carbons (Fsp3) is 0.111. The highest BCUT2D eigenvalue weighted by molar-refractivity contribution is 6.37. The summed E-state index contributed by atoms with van der Waals surface area (Å²) in [5.41, 5.74) is 0.999. The predicted molar refractivity (Wildman–Crippen MR) is 49.9 cm³/mol. The van der Waals surface area contributed by atoms with Gasteiger partial charge >= 0.3 is 0 Å². The Morgan fingerprint density at radius 3 is 2.75 bits per heavy atom. The molecule has 0 radical (unpaired) electrons. The van der Waals surface area contributed by atoms with Gasteiger partial charge in [0.15, 0.2) is 0 Å². The number of ether oxygens (including phenoxy) is 1. The van der Waals surface area contributed by atoms with E-state index in [2.05, 4.69) is 4.98 Å². The average molecular weight is 182 g/mol. The lowest BCUT2D eigenvalue weighted by Crippen LogP contribution is -1.80. The number of aromatic amines is 1. The summed E-state index contributed by atoms with van der Waals surface area (Å²) in [7, 11) is 1.59. The molecule has 1 aromatic carbocycles. The number of fused-ring (bicyclic) bond motifs is 1. The van der Waals surface area contributed by atoms with Crippen LogP contribution in [-0.2, 0) is 0 Å². The molecule has 0 aliphatic heterocycles. The van der Waals surface area contributed by atoms with Crippen LogP contribution in [0, 0.1) is 0 Å². The van der Waals surface area contributed by atoms with E-state index in [1.54, 1.807) is 7.11 Å². The summed E-state index contributed by atoms with van der Waals surface area (Å²) in [6.45, 7) is 0. The van der Waals surface area contributed by atoms with E-state index in [9.17, 15) is 0 Å². The van der Waals surface area contributed by atoms with Gasteiger partial charge in [0.05, 0.1) is 7.11 Å². The van der Waals surface area contributed by atoms with Crippen molar-refractivity contribution in [3.8, 4) is 5.88 Å². The number of nitrogens with one attached hydrogen (secondary N) is 1. The van der Waals surface area contributed by atoms with Gasteiger partial charge in [0.25, 0.3) is 0 Å². The lowest BCUT2D eigenvalue weighted by molar-refractivity contribution is 0.402. The Kier molecular flexibility index (Phi) is 1.70. The minimum Gasteiger partial charge on any atom is -0.481 e. The first-order valence-corrected chi connectivity index (χ1v) is 4.01. The standard InChI is InChI=1S/C9H8ClNO/c1-12-9-8(10)6-4-2-3-5-7(6)11-9/h2-5,11H,1H3. The minimum atomic E-state index is 0.623. The van der Waals surface area contributed by atoms with Gasteiger partial charge in [0, 0.05) is 10.9 Å². The number of H-pyrrole nitrogens is 1. The maximum absolute atomic E-state index is 6.00. The lowest BCUT2D eigenvalue weighted by atomic mass is 10.2. The van der Waals surface area contributed by atoms with Crippen molar-refractivity contribution in [2.24, 2.45) is 0 Å². The van der Waals surface area contributed by atoms with Crippen LogP contribution in [0.3, 0.4) is 0 Å². The monoisotopic (exact) mass is 181 g/mol. The highest BCUT2D eigenvalue weighted by Crippen LogP contribution is 2.31. The average Bonchev–Trinajstić information content (AvgIpc) is 2.44. The third-order valence-electron chi connectivity index (χ3n) is 1.82. The zero-order valence-corrected chi connectivity index (χ0v) is 7.35. The molecule has 1 aromatic heterocycles. The maximum Gasteiger partial charge on any atom is 0.210 e. The van der Waals surface area contributed by atoms with E-state index in [-0.39, 0.29) is 0 Å². The van der Waals surface area contributed by atoms with Crippen LogP contribution in [0.2, 0.25) is 5.02 Å². The van der Waals surface area contributed by atoms with Crippen LogP contribution in [-0.4, -0.2) is 12.1 Å². The number of hydrogen-bond donors (Lipinski definition) is 1. The van der Waals surface area contributed by atoms with Crippen molar-refractivity contribution in [2.75, 3.05) is 7.11 Å². The van der Waals surface area contributed by atoms with E-state index in [0.717, 1.165) is 10.9 Å². The second-order valence-electron chi connectivity index (χ2n) is 2.52. The number of halogens is 1. The molecule has 0 aliphatic carbocycles. The van der Waals surface area contributed by atoms with E-state index in [4.69, 9.17) is 16.3 Å². The topological polar surface area (TPSA) is 25.0 Å². The zero-order valence-electron chi connectivity index (χ0n) is 6.60. The lowest BCUT2D eigenvalue weighted by Gasteiger charge is -1.92. The number of benzene rings is 1. The zero-order chi connectivity index (χ0) is 8.55. The van der Waals surface area contributed by atoms with Crippen LogP contribution in [0.4, 0.5) is 0 Å². The van der Waals surface area contributed by atoms with Crippen molar-refractivity contribution in [3.63, 3.8) is 0 Å². The Labute approximate surface area is 75.1 Å². The molecule has 0 saturated carbocycles. The molecule has 0 amide bonds. The van der Waals surface area contributed by atoms with E-state index < -0.39 is 0 Å². The van der Waals surface area contributed by atoms with Crippen LogP contribution in [0.5, 0.6) is 5.88 Å². The van der Waals surface area contributed by atoms with Gasteiger partial charge in [-0.05, 0) is 6.07 Å². The van der Waals surface area contributed by atoms with Gasteiger partial charge in [-0.15, -0.1) is 0 Å². The van der Waals surface area contributed by atoms with Crippen LogP contribution < -0.4 is 4.74 Å². The Morgan fingerprint density at radius 2 is 2.08 bits per heavy atom. The van der Waals surface area contributed by atoms with E-state index in [0.29, 0.717) is 10.9 Å². The smallest absolute Gasteiger partial charge is 0.210 e. The number of hydrogen-bond acceptors (Lipinski definition) is 1. The van der Waals surface area contributed by atoms with Gasteiger partial charge in [-0.2, -0.15) is 0 Å². The molecule has 0 fully saturated rings. The van der Waals surface area contributed by atoms with Crippen LogP contribution in [0.15, 0.2) is 24.3 Å². The van der Waals surface area contributed by atoms with E-state index >= 15 is 0 Å². The van der Waals surface area contributed by atoms with Crippen LogP contribution in [0.1, 0.15) is 0 Å². The summed E-state index contributed by atoms with van der Waals surface area (Å²) < 4.78 is 5.04. The highest BCUT2D eigenvalue weighted by atomic mass is 35.5. The van der Waals surface area contributed by atoms with Gasteiger partial charge in [0.2, 0.25) is 5.88 Å². The van der Waals surface area contributed by atoms with Gasteiger partial charge in [-0.3, -0.25) is 0 Å². The Morgan fingerprint density at radius 1 is 1.33 bits per heavy atom. The molecule has 0 atom stereocenters. The van der Waals surface area contributed by atoms with E-state index in [1.807, 2.05) is 24.3 Å². The number of rotatable bonds is 1. The molecule has 2 rings (SSSR count). The van der Waals surface area contributed by atoms with Crippen molar-refractivity contribution >= 4 is 22.5 Å². The molecule has 12 heavy (non-hydrogen) atoms. The first kappa shape index (κ1) is 7.50. The first-order chi connectivity index (χ1) is 5.83. The van der Waals surface area contributed by atoms with Crippen LogP contribution in [0.25, 0.3) is 10.9 Å². The van der Waals surface area contributed by atoms with Gasteiger partial charge < -0.3 is 9.72 Å². The molecular weight excluding hydrogens is 174 g/mol. The molecule has 3 heteroatoms. The fourth-order valence-electron chi connectivity index (χ4n) is 1.22. The predicted octanol–water partition coefficient (Wildman–Crippen LogP) is 2.83. The Hall–Kier alpha value is -1.15. The molecule has 0 bridgehead atoms. The molecule has 0 unspecified atom stereocenters. The maximum atomic E-state index is 6.00. The molecule has 2 nitrogen and oxygen atoms in total. The summed E-state index contributed by atoms with van der Waals surface area (Å²) in [4.78, 5) is 3.06. The minimum absolute atomic E-state index is 0.623. The Balaban J connectivity index is 2.78.